The van der Waals surface area contributed by atoms with Gasteiger partial charge < -0.3 is 19.2 Å². The fourth-order valence-corrected chi connectivity index (χ4v) is 3.17. The monoisotopic (exact) mass is 293 g/mol. The molecule has 1 unspecified atom stereocenters. The summed E-state index contributed by atoms with van der Waals surface area (Å²) in [5.41, 5.74) is 0. The number of hydrogen-bond donors (Lipinski definition) is 1. The summed E-state index contributed by atoms with van der Waals surface area (Å²) < 4.78 is 10.8. The maximum absolute atomic E-state index is 12.3. The number of nitrogens with zero attached hydrogens (tertiary/aromatic N) is 1. The molecule has 6 heteroatoms. The molecule has 2 fully saturated rings. The first-order chi connectivity index (χ1) is 10.1. The van der Waals surface area contributed by atoms with Crippen molar-refractivity contribution < 1.29 is 23.8 Å². The van der Waals surface area contributed by atoms with E-state index < -0.39 is 5.97 Å². The van der Waals surface area contributed by atoms with Crippen molar-refractivity contribution in [2.75, 3.05) is 19.7 Å². The number of aromatic carboxylic acids is 1. The highest BCUT2D eigenvalue weighted by molar-refractivity contribution is 5.93. The summed E-state index contributed by atoms with van der Waals surface area (Å²) in [5, 5.41) is 8.81. The number of carboxylic acid groups (broad SMARTS) is 1. The Bertz CT molecular complexity index is 524. The third kappa shape index (κ3) is 2.95. The van der Waals surface area contributed by atoms with Crippen molar-refractivity contribution in [3.05, 3.63) is 23.7 Å². The van der Waals surface area contributed by atoms with Crippen LogP contribution in [0.3, 0.4) is 0 Å². The summed E-state index contributed by atoms with van der Waals surface area (Å²) in [6, 6.07) is 2.74. The molecule has 21 heavy (non-hydrogen) atoms. The maximum atomic E-state index is 12.3. The maximum Gasteiger partial charge on any atom is 0.371 e. The molecule has 1 atom stereocenters. The molecule has 114 valence electrons. The first-order valence-corrected chi connectivity index (χ1v) is 7.39. The molecule has 3 heterocycles. The molecule has 0 saturated carbocycles. The zero-order chi connectivity index (χ0) is 14.8. The van der Waals surface area contributed by atoms with Gasteiger partial charge in [0, 0.05) is 19.7 Å². The van der Waals surface area contributed by atoms with Crippen LogP contribution in [0.1, 0.15) is 46.8 Å². The molecule has 0 bridgehead atoms. The quantitative estimate of drug-likeness (QED) is 0.922. The van der Waals surface area contributed by atoms with Gasteiger partial charge in [-0.1, -0.05) is 0 Å². The van der Waals surface area contributed by atoms with E-state index in [4.69, 9.17) is 14.3 Å². The summed E-state index contributed by atoms with van der Waals surface area (Å²) in [4.78, 5) is 24.8. The van der Waals surface area contributed by atoms with Gasteiger partial charge in [-0.05, 0) is 43.7 Å². The molecule has 2 aliphatic heterocycles. The third-order valence-electron chi connectivity index (χ3n) is 4.35. The van der Waals surface area contributed by atoms with E-state index in [2.05, 4.69) is 0 Å². The van der Waals surface area contributed by atoms with Crippen LogP contribution >= 0.6 is 0 Å². The minimum atomic E-state index is -1.16. The van der Waals surface area contributed by atoms with Crippen molar-refractivity contribution in [1.82, 2.24) is 4.90 Å². The Morgan fingerprint density at radius 1 is 1.14 bits per heavy atom. The van der Waals surface area contributed by atoms with Crippen LogP contribution in [0, 0.1) is 5.92 Å². The standard InChI is InChI=1S/C15H19NO5/c17-14(12-3-4-13(21-12)15(18)19)16-7-5-10(6-8-16)11-2-1-9-20-11/h3-4,10-11H,1-2,5-9H2,(H,18,19). The lowest BCUT2D eigenvalue weighted by Gasteiger charge is -2.34. The number of carbonyl (C=O) groups is 2. The number of carboxylic acids is 1. The van der Waals surface area contributed by atoms with Crippen molar-refractivity contribution in [2.45, 2.75) is 31.8 Å². The summed E-state index contributed by atoms with van der Waals surface area (Å²) in [7, 11) is 0. The van der Waals surface area contributed by atoms with Crippen molar-refractivity contribution in [2.24, 2.45) is 5.92 Å². The first-order valence-electron chi connectivity index (χ1n) is 7.39. The highest BCUT2D eigenvalue weighted by Gasteiger charge is 2.32. The lowest BCUT2D eigenvalue weighted by Crippen LogP contribution is -2.41. The molecule has 1 N–H and O–H groups in total. The van der Waals surface area contributed by atoms with Gasteiger partial charge in [-0.15, -0.1) is 0 Å². The predicted molar refractivity (Wildman–Crippen MR) is 73.3 cm³/mol. The van der Waals surface area contributed by atoms with Crippen LogP contribution in [0.15, 0.2) is 16.5 Å². The Kier molecular flexibility index (Phi) is 3.96. The van der Waals surface area contributed by atoms with Crippen LogP contribution in [-0.4, -0.2) is 47.7 Å². The molecule has 1 amide bonds. The van der Waals surface area contributed by atoms with Gasteiger partial charge in [0.05, 0.1) is 6.10 Å². The molecule has 0 spiro atoms. The van der Waals surface area contributed by atoms with Crippen molar-refractivity contribution in [1.29, 1.82) is 0 Å². The molecule has 1 aromatic rings. The smallest absolute Gasteiger partial charge is 0.371 e. The lowest BCUT2D eigenvalue weighted by atomic mass is 9.90. The first kappa shape index (κ1) is 14.1. The molecule has 0 aliphatic carbocycles. The molecule has 3 rings (SSSR count). The normalized spacial score (nSPS) is 23.4. The van der Waals surface area contributed by atoms with Gasteiger partial charge in [0.2, 0.25) is 5.76 Å². The number of piperidine rings is 1. The largest absolute Gasteiger partial charge is 0.475 e. The molecule has 2 saturated heterocycles. The zero-order valence-electron chi connectivity index (χ0n) is 11.8. The summed E-state index contributed by atoms with van der Waals surface area (Å²) >= 11 is 0. The topological polar surface area (TPSA) is 80.0 Å². The van der Waals surface area contributed by atoms with Gasteiger partial charge in [0.1, 0.15) is 0 Å². The SMILES string of the molecule is O=C(O)c1ccc(C(=O)N2CCC(C3CCCO3)CC2)o1. The molecule has 0 aromatic carbocycles. The number of amides is 1. The van der Waals surface area contributed by atoms with E-state index in [1.165, 1.54) is 12.1 Å². The lowest BCUT2D eigenvalue weighted by molar-refractivity contribution is 0.0280. The van der Waals surface area contributed by atoms with Crippen LogP contribution in [0.2, 0.25) is 0 Å². The number of ether oxygens (including phenoxy) is 1. The number of rotatable bonds is 3. The van der Waals surface area contributed by atoms with Gasteiger partial charge in [0.15, 0.2) is 5.76 Å². The van der Waals surface area contributed by atoms with Crippen molar-refractivity contribution in [3.63, 3.8) is 0 Å². The zero-order valence-corrected chi connectivity index (χ0v) is 11.8. The molecular weight excluding hydrogens is 274 g/mol. The van der Waals surface area contributed by atoms with E-state index in [1.54, 1.807) is 4.90 Å². The summed E-state index contributed by atoms with van der Waals surface area (Å²) in [6.07, 6.45) is 4.48. The Morgan fingerprint density at radius 3 is 2.43 bits per heavy atom. The Balaban J connectivity index is 1.58. The second kappa shape index (κ2) is 5.89. The number of carbonyl (C=O) groups excluding carboxylic acids is 1. The van der Waals surface area contributed by atoms with E-state index in [1.807, 2.05) is 0 Å². The van der Waals surface area contributed by atoms with Crippen LogP contribution in [0.4, 0.5) is 0 Å². The highest BCUT2D eigenvalue weighted by atomic mass is 16.5. The van der Waals surface area contributed by atoms with E-state index >= 15 is 0 Å². The average molecular weight is 293 g/mol. The van der Waals surface area contributed by atoms with Crippen LogP contribution < -0.4 is 0 Å². The fraction of sp³-hybridized carbons (Fsp3) is 0.600. The van der Waals surface area contributed by atoms with Crippen LogP contribution in [-0.2, 0) is 4.74 Å². The molecule has 6 nitrogen and oxygen atoms in total. The minimum absolute atomic E-state index is 0.1000. The van der Waals surface area contributed by atoms with E-state index in [0.29, 0.717) is 25.1 Å². The van der Waals surface area contributed by atoms with E-state index in [9.17, 15) is 9.59 Å². The predicted octanol–water partition coefficient (Wildman–Crippen LogP) is 2.01. The van der Waals surface area contributed by atoms with Gasteiger partial charge in [0.25, 0.3) is 5.91 Å². The molecule has 1 aromatic heterocycles. The summed E-state index contributed by atoms with van der Waals surface area (Å²) in [6.45, 7) is 2.20. The fourth-order valence-electron chi connectivity index (χ4n) is 3.17. The average Bonchev–Trinajstić information content (AvgIpc) is 3.18. The van der Waals surface area contributed by atoms with Gasteiger partial charge in [-0.25, -0.2) is 4.79 Å². The van der Waals surface area contributed by atoms with E-state index in [0.717, 1.165) is 32.3 Å². The van der Waals surface area contributed by atoms with Crippen molar-refractivity contribution in [3.8, 4) is 0 Å². The third-order valence-corrected chi connectivity index (χ3v) is 4.35. The number of hydrogen-bond acceptors (Lipinski definition) is 4. The number of furan rings is 1. The van der Waals surface area contributed by atoms with Gasteiger partial charge in [-0.2, -0.15) is 0 Å². The molecule has 0 radical (unpaired) electrons. The Morgan fingerprint density at radius 2 is 1.86 bits per heavy atom. The highest BCUT2D eigenvalue weighted by Crippen LogP contribution is 2.29. The van der Waals surface area contributed by atoms with Gasteiger partial charge in [-0.3, -0.25) is 4.79 Å². The Hall–Kier alpha value is -1.82. The van der Waals surface area contributed by atoms with Crippen LogP contribution in [0.5, 0.6) is 0 Å². The Labute approximate surface area is 122 Å². The molecule has 2 aliphatic rings. The molecular formula is C15H19NO5. The van der Waals surface area contributed by atoms with E-state index in [-0.39, 0.29) is 17.4 Å². The number of likely N-dealkylation sites (tertiary alicyclic amines) is 1. The minimum Gasteiger partial charge on any atom is -0.475 e. The second-order valence-electron chi connectivity index (χ2n) is 5.65. The van der Waals surface area contributed by atoms with Crippen molar-refractivity contribution >= 4 is 11.9 Å². The summed E-state index contributed by atoms with van der Waals surface area (Å²) in [5.74, 6) is -0.960. The second-order valence-corrected chi connectivity index (χ2v) is 5.65. The van der Waals surface area contributed by atoms with Crippen LogP contribution in [0.25, 0.3) is 0 Å². The van der Waals surface area contributed by atoms with Gasteiger partial charge >= 0.3 is 5.97 Å².